The zero-order valence-electron chi connectivity index (χ0n) is 9.88. The molecule has 16 heavy (non-hydrogen) atoms. The molecule has 1 aromatic rings. The molecule has 0 bridgehead atoms. The topological polar surface area (TPSA) is 26.0 Å². The summed E-state index contributed by atoms with van der Waals surface area (Å²) in [4.78, 5) is 0. The van der Waals surface area contributed by atoms with E-state index in [1.165, 1.54) is 12.0 Å². The first-order chi connectivity index (χ1) is 7.64. The average molecular weight is 221 g/mol. The monoisotopic (exact) mass is 221 g/mol. The summed E-state index contributed by atoms with van der Waals surface area (Å²) in [5.41, 5.74) is 6.34. The van der Waals surface area contributed by atoms with Crippen LogP contribution in [-0.4, -0.2) is 6.54 Å². The standard InChI is InChI=1S/C14H20FN/c1-14(15,12-3-2-4-12)13-7-5-11(6-8-13)9-10-16/h5-8,12H,2-4,9-10,16H2,1H3. The molecule has 1 aliphatic carbocycles. The average Bonchev–Trinajstić information content (AvgIpc) is 2.15. The van der Waals surface area contributed by atoms with Crippen molar-refractivity contribution in [2.24, 2.45) is 11.7 Å². The van der Waals surface area contributed by atoms with Crippen LogP contribution in [0.3, 0.4) is 0 Å². The van der Waals surface area contributed by atoms with E-state index >= 15 is 0 Å². The maximum Gasteiger partial charge on any atom is 0.136 e. The predicted molar refractivity (Wildman–Crippen MR) is 65.0 cm³/mol. The van der Waals surface area contributed by atoms with Crippen LogP contribution in [0, 0.1) is 5.92 Å². The second-order valence-corrected chi connectivity index (χ2v) is 4.94. The Bertz CT molecular complexity index is 338. The summed E-state index contributed by atoms with van der Waals surface area (Å²) < 4.78 is 14.6. The molecule has 2 heteroatoms. The van der Waals surface area contributed by atoms with Crippen molar-refractivity contribution in [3.8, 4) is 0 Å². The molecule has 2 N–H and O–H groups in total. The first-order valence-corrected chi connectivity index (χ1v) is 6.13. The maximum atomic E-state index is 14.6. The van der Waals surface area contributed by atoms with Crippen LogP contribution in [0.4, 0.5) is 4.39 Å². The van der Waals surface area contributed by atoms with Gasteiger partial charge in [-0.25, -0.2) is 4.39 Å². The van der Waals surface area contributed by atoms with Crippen molar-refractivity contribution in [3.05, 3.63) is 35.4 Å². The molecule has 0 amide bonds. The Hall–Kier alpha value is -0.890. The Balaban J connectivity index is 2.13. The summed E-state index contributed by atoms with van der Waals surface area (Å²) in [6.45, 7) is 2.36. The SMILES string of the molecule is CC(F)(c1ccc(CCN)cc1)C1CCC1. The van der Waals surface area contributed by atoms with E-state index in [9.17, 15) is 4.39 Å². The highest BCUT2D eigenvalue weighted by Crippen LogP contribution is 2.44. The largest absolute Gasteiger partial charge is 0.330 e. The highest BCUT2D eigenvalue weighted by Gasteiger charge is 2.39. The third-order valence-electron chi connectivity index (χ3n) is 3.82. The smallest absolute Gasteiger partial charge is 0.136 e. The zero-order chi connectivity index (χ0) is 11.6. The van der Waals surface area contributed by atoms with E-state index in [4.69, 9.17) is 5.73 Å². The quantitative estimate of drug-likeness (QED) is 0.830. The highest BCUT2D eigenvalue weighted by atomic mass is 19.1. The van der Waals surface area contributed by atoms with Crippen LogP contribution in [0.1, 0.15) is 37.3 Å². The zero-order valence-corrected chi connectivity index (χ0v) is 9.88. The van der Waals surface area contributed by atoms with Gasteiger partial charge in [0.15, 0.2) is 0 Å². The first-order valence-electron chi connectivity index (χ1n) is 6.13. The van der Waals surface area contributed by atoms with Gasteiger partial charge in [-0.3, -0.25) is 0 Å². The van der Waals surface area contributed by atoms with Gasteiger partial charge in [-0.1, -0.05) is 30.7 Å². The molecule has 1 unspecified atom stereocenters. The summed E-state index contributed by atoms with van der Waals surface area (Å²) in [7, 11) is 0. The molecule has 0 aromatic heterocycles. The van der Waals surface area contributed by atoms with Gasteiger partial charge >= 0.3 is 0 Å². The van der Waals surface area contributed by atoms with Crippen molar-refractivity contribution in [1.29, 1.82) is 0 Å². The van der Waals surface area contributed by atoms with Crippen molar-refractivity contribution in [2.45, 2.75) is 38.3 Å². The molecule has 0 aliphatic heterocycles. The van der Waals surface area contributed by atoms with Crippen LogP contribution in [0.25, 0.3) is 0 Å². The van der Waals surface area contributed by atoms with E-state index < -0.39 is 5.67 Å². The fourth-order valence-electron chi connectivity index (χ4n) is 2.35. The van der Waals surface area contributed by atoms with E-state index in [0.29, 0.717) is 6.54 Å². The molecule has 88 valence electrons. The number of hydrogen-bond donors (Lipinski definition) is 1. The van der Waals surface area contributed by atoms with Gasteiger partial charge in [-0.05, 0) is 49.8 Å². The Morgan fingerprint density at radius 1 is 1.31 bits per heavy atom. The molecule has 0 radical (unpaired) electrons. The number of benzene rings is 1. The van der Waals surface area contributed by atoms with Gasteiger partial charge in [-0.2, -0.15) is 0 Å². The Morgan fingerprint density at radius 3 is 2.38 bits per heavy atom. The summed E-state index contributed by atoms with van der Waals surface area (Å²) in [5, 5.41) is 0. The van der Waals surface area contributed by atoms with Crippen LogP contribution >= 0.6 is 0 Å². The van der Waals surface area contributed by atoms with Gasteiger partial charge in [-0.15, -0.1) is 0 Å². The summed E-state index contributed by atoms with van der Waals surface area (Å²) in [5.74, 6) is 0.216. The number of halogens is 1. The van der Waals surface area contributed by atoms with Gasteiger partial charge in [0, 0.05) is 0 Å². The van der Waals surface area contributed by atoms with E-state index in [1.54, 1.807) is 6.92 Å². The lowest BCUT2D eigenvalue weighted by molar-refractivity contribution is 0.0463. The highest BCUT2D eigenvalue weighted by molar-refractivity contribution is 5.28. The normalized spacial score (nSPS) is 20.2. The van der Waals surface area contributed by atoms with Crippen molar-refractivity contribution < 1.29 is 4.39 Å². The minimum Gasteiger partial charge on any atom is -0.330 e. The molecule has 1 aliphatic rings. The first kappa shape index (κ1) is 11.6. The van der Waals surface area contributed by atoms with Gasteiger partial charge in [0.2, 0.25) is 0 Å². The molecule has 1 atom stereocenters. The van der Waals surface area contributed by atoms with E-state index in [0.717, 1.165) is 24.8 Å². The van der Waals surface area contributed by atoms with Crippen molar-refractivity contribution in [3.63, 3.8) is 0 Å². The Kier molecular flexibility index (Phi) is 3.29. The molecule has 0 saturated heterocycles. The van der Waals surface area contributed by atoms with Crippen LogP contribution in [0.5, 0.6) is 0 Å². The van der Waals surface area contributed by atoms with Crippen molar-refractivity contribution in [1.82, 2.24) is 0 Å². The lowest BCUT2D eigenvalue weighted by atomic mass is 9.72. The fraction of sp³-hybridized carbons (Fsp3) is 0.571. The Labute approximate surface area is 96.9 Å². The van der Waals surface area contributed by atoms with Crippen molar-refractivity contribution in [2.75, 3.05) is 6.54 Å². The van der Waals surface area contributed by atoms with E-state index in [-0.39, 0.29) is 5.92 Å². The lowest BCUT2D eigenvalue weighted by Gasteiger charge is -2.37. The van der Waals surface area contributed by atoms with Crippen LogP contribution < -0.4 is 5.73 Å². The molecule has 0 spiro atoms. The van der Waals surface area contributed by atoms with E-state index in [1.807, 2.05) is 24.3 Å². The molecular formula is C14H20FN. The molecule has 2 rings (SSSR count). The second kappa shape index (κ2) is 4.54. The predicted octanol–water partition coefficient (Wildman–Crippen LogP) is 3.17. The molecule has 1 saturated carbocycles. The molecule has 0 heterocycles. The van der Waals surface area contributed by atoms with Crippen LogP contribution in [0.15, 0.2) is 24.3 Å². The molecule has 1 nitrogen and oxygen atoms in total. The number of alkyl halides is 1. The van der Waals surface area contributed by atoms with Crippen molar-refractivity contribution >= 4 is 0 Å². The van der Waals surface area contributed by atoms with Crippen LogP contribution in [-0.2, 0) is 12.1 Å². The van der Waals surface area contributed by atoms with E-state index in [2.05, 4.69) is 0 Å². The second-order valence-electron chi connectivity index (χ2n) is 4.94. The third-order valence-corrected chi connectivity index (χ3v) is 3.82. The van der Waals surface area contributed by atoms with Gasteiger partial charge < -0.3 is 5.73 Å². The minimum atomic E-state index is -1.15. The summed E-state index contributed by atoms with van der Waals surface area (Å²) in [6.07, 6.45) is 4.09. The van der Waals surface area contributed by atoms with Gasteiger partial charge in [0.1, 0.15) is 5.67 Å². The van der Waals surface area contributed by atoms with Gasteiger partial charge in [0.05, 0.1) is 0 Å². The lowest BCUT2D eigenvalue weighted by Crippen LogP contribution is -2.32. The third kappa shape index (κ3) is 2.12. The number of nitrogens with two attached hydrogens (primary N) is 1. The molecular weight excluding hydrogens is 201 g/mol. The molecule has 1 fully saturated rings. The number of rotatable bonds is 4. The fourth-order valence-corrected chi connectivity index (χ4v) is 2.35. The van der Waals surface area contributed by atoms with Gasteiger partial charge in [0.25, 0.3) is 0 Å². The maximum absolute atomic E-state index is 14.6. The number of hydrogen-bond acceptors (Lipinski definition) is 1. The van der Waals surface area contributed by atoms with Crippen LogP contribution in [0.2, 0.25) is 0 Å². The summed E-state index contributed by atoms with van der Waals surface area (Å²) >= 11 is 0. The summed E-state index contributed by atoms with van der Waals surface area (Å²) in [6, 6.07) is 7.84. The molecule has 1 aromatic carbocycles. The Morgan fingerprint density at radius 2 is 1.94 bits per heavy atom. The minimum absolute atomic E-state index is 0.216.